The van der Waals surface area contributed by atoms with Crippen molar-refractivity contribution in [2.24, 2.45) is 0 Å². The Morgan fingerprint density at radius 2 is 1.82 bits per heavy atom. The van der Waals surface area contributed by atoms with Gasteiger partial charge in [0.15, 0.2) is 0 Å². The molecule has 0 aliphatic carbocycles. The van der Waals surface area contributed by atoms with Crippen molar-refractivity contribution in [2.75, 3.05) is 12.4 Å². The maximum atomic E-state index is 12.5. The topological polar surface area (TPSA) is 74.1 Å². The highest BCUT2D eigenvalue weighted by Crippen LogP contribution is 2.27. The maximum Gasteiger partial charge on any atom is 0.263 e. The minimum atomic E-state index is -0.419. The number of carbonyl (C=O) groups excluding carboxylic acids is 1. The molecule has 0 aliphatic heterocycles. The number of aryl methyl sites for hydroxylation is 1. The largest absolute Gasteiger partial charge is 0.497 e. The summed E-state index contributed by atoms with van der Waals surface area (Å²) >= 11 is 0. The third-order valence-corrected chi connectivity index (χ3v) is 4.62. The van der Waals surface area contributed by atoms with E-state index in [9.17, 15) is 10.1 Å². The smallest absolute Gasteiger partial charge is 0.263 e. The van der Waals surface area contributed by atoms with E-state index in [1.54, 1.807) is 7.11 Å². The zero-order chi connectivity index (χ0) is 20.7. The zero-order valence-electron chi connectivity index (χ0n) is 17.0. The quantitative estimate of drug-likeness (QED) is 0.536. The molecule has 2 aromatic rings. The lowest BCUT2D eigenvalue weighted by Gasteiger charge is -2.16. The Hall–Kier alpha value is -3.26. The number of nitrogens with one attached hydrogen (secondary N) is 2. The molecule has 0 aromatic heterocycles. The second-order valence-electron chi connectivity index (χ2n) is 6.98. The van der Waals surface area contributed by atoms with E-state index in [2.05, 4.69) is 24.5 Å². The van der Waals surface area contributed by atoms with Crippen molar-refractivity contribution in [3.8, 4) is 11.8 Å². The third kappa shape index (κ3) is 5.14. The Bertz CT molecular complexity index is 893. The van der Waals surface area contributed by atoms with Crippen molar-refractivity contribution in [3.63, 3.8) is 0 Å². The Balaban J connectivity index is 2.14. The second-order valence-corrected chi connectivity index (χ2v) is 6.98. The van der Waals surface area contributed by atoms with Gasteiger partial charge in [-0.1, -0.05) is 44.2 Å². The number of ether oxygens (including phenoxy) is 1. The molecule has 2 rings (SSSR count). The number of para-hydroxylation sites is 1. The SMILES string of the molecule is COc1ccc(C(C)NC(=O)/C(C#N)=C\Nc2c(C)cccc2C(C)C)cc1. The Kier molecular flexibility index (Phi) is 7.22. The van der Waals surface area contributed by atoms with Crippen LogP contribution in [0.4, 0.5) is 5.69 Å². The number of amides is 1. The first-order valence-electron chi connectivity index (χ1n) is 9.28. The third-order valence-electron chi connectivity index (χ3n) is 4.62. The van der Waals surface area contributed by atoms with E-state index in [-0.39, 0.29) is 11.6 Å². The van der Waals surface area contributed by atoms with Gasteiger partial charge in [-0.15, -0.1) is 0 Å². The molecule has 2 aromatic carbocycles. The molecular formula is C23H27N3O2. The van der Waals surface area contributed by atoms with E-state index in [0.29, 0.717) is 5.92 Å². The second kappa shape index (κ2) is 9.61. The summed E-state index contributed by atoms with van der Waals surface area (Å²) in [5, 5.41) is 15.5. The van der Waals surface area contributed by atoms with Crippen molar-refractivity contribution in [1.29, 1.82) is 5.26 Å². The lowest BCUT2D eigenvalue weighted by molar-refractivity contribution is -0.117. The van der Waals surface area contributed by atoms with Crippen molar-refractivity contribution < 1.29 is 9.53 Å². The minimum absolute atomic E-state index is 0.0262. The van der Waals surface area contributed by atoms with Crippen LogP contribution in [0.15, 0.2) is 54.2 Å². The highest BCUT2D eigenvalue weighted by atomic mass is 16.5. The number of anilines is 1. The van der Waals surface area contributed by atoms with E-state index in [4.69, 9.17) is 4.74 Å². The molecule has 0 heterocycles. The van der Waals surface area contributed by atoms with Gasteiger partial charge >= 0.3 is 0 Å². The van der Waals surface area contributed by atoms with Crippen molar-refractivity contribution in [2.45, 2.75) is 39.7 Å². The predicted octanol–water partition coefficient (Wildman–Crippen LogP) is 4.82. The molecule has 5 nitrogen and oxygen atoms in total. The normalized spacial score (nSPS) is 12.2. The van der Waals surface area contributed by atoms with E-state index >= 15 is 0 Å². The van der Waals surface area contributed by atoms with Crippen molar-refractivity contribution in [1.82, 2.24) is 5.32 Å². The molecule has 0 saturated carbocycles. The van der Waals surface area contributed by atoms with Gasteiger partial charge in [-0.3, -0.25) is 4.79 Å². The lowest BCUT2D eigenvalue weighted by Crippen LogP contribution is -2.28. The van der Waals surface area contributed by atoms with Gasteiger partial charge in [0.2, 0.25) is 0 Å². The van der Waals surface area contributed by atoms with E-state index in [0.717, 1.165) is 28.1 Å². The van der Waals surface area contributed by atoms with Gasteiger partial charge in [0.1, 0.15) is 17.4 Å². The average Bonchev–Trinajstić information content (AvgIpc) is 2.69. The Labute approximate surface area is 167 Å². The Morgan fingerprint density at radius 1 is 1.14 bits per heavy atom. The van der Waals surface area contributed by atoms with Crippen LogP contribution < -0.4 is 15.4 Å². The summed E-state index contributed by atoms with van der Waals surface area (Å²) in [6, 6.07) is 15.3. The van der Waals surface area contributed by atoms with Crippen LogP contribution >= 0.6 is 0 Å². The predicted molar refractivity (Wildman–Crippen MR) is 112 cm³/mol. The first-order chi connectivity index (χ1) is 13.4. The molecule has 0 saturated heterocycles. The molecule has 0 spiro atoms. The number of nitrogens with zero attached hydrogens (tertiary/aromatic N) is 1. The van der Waals surface area contributed by atoms with E-state index < -0.39 is 5.91 Å². The van der Waals surface area contributed by atoms with Gasteiger partial charge in [0.05, 0.1) is 13.2 Å². The summed E-state index contributed by atoms with van der Waals surface area (Å²) in [5.41, 5.74) is 4.09. The molecule has 1 amide bonds. The fourth-order valence-corrected chi connectivity index (χ4v) is 2.91. The summed E-state index contributed by atoms with van der Waals surface area (Å²) in [6.07, 6.45) is 1.48. The summed E-state index contributed by atoms with van der Waals surface area (Å²) in [4.78, 5) is 12.5. The van der Waals surface area contributed by atoms with Crippen LogP contribution in [0.2, 0.25) is 0 Å². The van der Waals surface area contributed by atoms with Crippen LogP contribution in [0.25, 0.3) is 0 Å². The first-order valence-corrected chi connectivity index (χ1v) is 9.28. The standard InChI is InChI=1S/C23H27N3O2/c1-15(2)21-8-6-7-16(3)22(21)25-14-19(13-24)23(27)26-17(4)18-9-11-20(28-5)12-10-18/h6-12,14-15,17,25H,1-5H3,(H,26,27)/b19-14-. The van der Waals surface area contributed by atoms with Crippen LogP contribution in [-0.4, -0.2) is 13.0 Å². The fraction of sp³-hybridized carbons (Fsp3) is 0.304. The number of hydrogen-bond acceptors (Lipinski definition) is 4. The number of benzene rings is 2. The highest BCUT2D eigenvalue weighted by molar-refractivity contribution is 5.97. The van der Waals surface area contributed by atoms with Gasteiger partial charge in [0.25, 0.3) is 5.91 Å². The minimum Gasteiger partial charge on any atom is -0.497 e. The average molecular weight is 377 g/mol. The van der Waals surface area contributed by atoms with Crippen LogP contribution in [0.3, 0.4) is 0 Å². The van der Waals surface area contributed by atoms with Crippen LogP contribution in [0.5, 0.6) is 5.75 Å². The molecule has 146 valence electrons. The number of nitriles is 1. The van der Waals surface area contributed by atoms with Gasteiger partial charge in [-0.25, -0.2) is 0 Å². The Morgan fingerprint density at radius 3 is 2.39 bits per heavy atom. The fourth-order valence-electron chi connectivity index (χ4n) is 2.91. The van der Waals surface area contributed by atoms with Crippen molar-refractivity contribution in [3.05, 3.63) is 70.9 Å². The number of carbonyl (C=O) groups is 1. The molecule has 1 unspecified atom stereocenters. The van der Waals surface area contributed by atoms with Crippen LogP contribution in [0.1, 0.15) is 49.4 Å². The number of methoxy groups -OCH3 is 1. The highest BCUT2D eigenvalue weighted by Gasteiger charge is 2.15. The number of rotatable bonds is 7. The van der Waals surface area contributed by atoms with Crippen LogP contribution in [0, 0.1) is 18.3 Å². The van der Waals surface area contributed by atoms with Crippen molar-refractivity contribution >= 4 is 11.6 Å². The molecule has 1 atom stereocenters. The molecule has 0 radical (unpaired) electrons. The molecule has 0 aliphatic rings. The maximum absolute atomic E-state index is 12.5. The molecule has 28 heavy (non-hydrogen) atoms. The summed E-state index contributed by atoms with van der Waals surface area (Å²) in [7, 11) is 1.61. The monoisotopic (exact) mass is 377 g/mol. The molecular weight excluding hydrogens is 350 g/mol. The van der Waals surface area contributed by atoms with Gasteiger partial charge in [-0.2, -0.15) is 5.26 Å². The van der Waals surface area contributed by atoms with Crippen LogP contribution in [-0.2, 0) is 4.79 Å². The zero-order valence-corrected chi connectivity index (χ0v) is 17.0. The van der Waals surface area contributed by atoms with E-state index in [1.165, 1.54) is 6.20 Å². The number of hydrogen-bond donors (Lipinski definition) is 2. The molecule has 2 N–H and O–H groups in total. The summed E-state index contributed by atoms with van der Waals surface area (Å²) < 4.78 is 5.15. The van der Waals surface area contributed by atoms with Gasteiger partial charge < -0.3 is 15.4 Å². The first kappa shape index (κ1) is 21.0. The summed E-state index contributed by atoms with van der Waals surface area (Å²) in [5.74, 6) is 0.659. The van der Waals surface area contributed by atoms with Gasteiger partial charge in [-0.05, 0) is 48.6 Å². The van der Waals surface area contributed by atoms with E-state index in [1.807, 2.05) is 62.4 Å². The molecule has 0 fully saturated rings. The molecule has 5 heteroatoms. The van der Waals surface area contributed by atoms with Gasteiger partial charge in [0, 0.05) is 11.9 Å². The summed E-state index contributed by atoms with van der Waals surface area (Å²) in [6.45, 7) is 8.09. The lowest BCUT2D eigenvalue weighted by atomic mass is 9.98. The molecule has 0 bridgehead atoms.